The summed E-state index contributed by atoms with van der Waals surface area (Å²) in [5.74, 6) is 6.67. The fourth-order valence-electron chi connectivity index (χ4n) is 3.40. The van der Waals surface area contributed by atoms with Gasteiger partial charge in [0.15, 0.2) is 0 Å². The zero-order valence-electron chi connectivity index (χ0n) is 17.8. The molecule has 0 nitrogen and oxygen atoms in total. The maximum absolute atomic E-state index is 3.34. The van der Waals surface area contributed by atoms with Gasteiger partial charge < -0.3 is 0 Å². The lowest BCUT2D eigenvalue weighted by atomic mass is 10.0. The lowest BCUT2D eigenvalue weighted by Crippen LogP contribution is -1.83. The van der Waals surface area contributed by atoms with E-state index in [0.29, 0.717) is 0 Å². The van der Waals surface area contributed by atoms with Crippen molar-refractivity contribution >= 4 is 0 Å². The first-order valence-electron chi connectivity index (χ1n) is 11.9. The summed E-state index contributed by atoms with van der Waals surface area (Å²) in [4.78, 5) is 0. The molecule has 0 N–H and O–H groups in total. The average Bonchev–Trinajstić information content (AvgIpc) is 2.63. The molecule has 0 radical (unpaired) electrons. The van der Waals surface area contributed by atoms with Gasteiger partial charge in [0.25, 0.3) is 0 Å². The monoisotopic (exact) mass is 348 g/mol. The molecular weight excluding hydrogens is 300 g/mol. The topological polar surface area (TPSA) is 0 Å². The molecule has 0 unspecified atom stereocenters. The second kappa shape index (κ2) is 23.6. The Morgan fingerprint density at radius 3 is 0.920 bits per heavy atom. The minimum absolute atomic E-state index is 1.12. The minimum atomic E-state index is 1.12. The highest BCUT2D eigenvalue weighted by Crippen LogP contribution is 2.13. The van der Waals surface area contributed by atoms with Gasteiger partial charge in [-0.25, -0.2) is 0 Å². The largest absolute Gasteiger partial charge is 0.103 e. The summed E-state index contributed by atoms with van der Waals surface area (Å²) >= 11 is 0. The zero-order valence-corrected chi connectivity index (χ0v) is 17.8. The van der Waals surface area contributed by atoms with Crippen LogP contribution >= 0.6 is 0 Å². The highest BCUT2D eigenvalue weighted by molar-refractivity contribution is 4.98. The molecule has 0 aliphatic carbocycles. The molecule has 0 spiro atoms. The van der Waals surface area contributed by atoms with Crippen LogP contribution in [0.1, 0.15) is 149 Å². The van der Waals surface area contributed by atoms with Gasteiger partial charge in [0.1, 0.15) is 0 Å². The Kier molecular flexibility index (Phi) is 23.1. The van der Waals surface area contributed by atoms with E-state index >= 15 is 0 Å². The molecule has 0 atom stereocenters. The first kappa shape index (κ1) is 24.6. The molecule has 0 saturated heterocycles. The fraction of sp³-hybridized carbons (Fsp3) is 0.920. The van der Waals surface area contributed by atoms with E-state index in [1.165, 1.54) is 122 Å². The number of unbranched alkanes of at least 4 members (excludes halogenated alkanes) is 19. The Bertz CT molecular complexity index is 280. The predicted molar refractivity (Wildman–Crippen MR) is 116 cm³/mol. The van der Waals surface area contributed by atoms with E-state index in [-0.39, 0.29) is 0 Å². The van der Waals surface area contributed by atoms with Gasteiger partial charge in [-0.05, 0) is 12.8 Å². The van der Waals surface area contributed by atoms with Gasteiger partial charge in [0.05, 0.1) is 0 Å². The lowest BCUT2D eigenvalue weighted by molar-refractivity contribution is 0.530. The van der Waals surface area contributed by atoms with Gasteiger partial charge >= 0.3 is 0 Å². The molecule has 0 rings (SSSR count). The van der Waals surface area contributed by atoms with Crippen LogP contribution in [0.25, 0.3) is 0 Å². The van der Waals surface area contributed by atoms with Crippen LogP contribution in [0.4, 0.5) is 0 Å². The Morgan fingerprint density at radius 2 is 0.560 bits per heavy atom. The van der Waals surface area contributed by atoms with Crippen molar-refractivity contribution in [2.24, 2.45) is 0 Å². The Morgan fingerprint density at radius 1 is 0.320 bits per heavy atom. The maximum atomic E-state index is 3.34. The summed E-state index contributed by atoms with van der Waals surface area (Å²) in [5.41, 5.74) is 0. The van der Waals surface area contributed by atoms with E-state index in [9.17, 15) is 0 Å². The van der Waals surface area contributed by atoms with Crippen LogP contribution in [0.2, 0.25) is 0 Å². The van der Waals surface area contributed by atoms with E-state index in [1.807, 2.05) is 0 Å². The Balaban J connectivity index is 3.02. The molecule has 0 aromatic rings. The van der Waals surface area contributed by atoms with E-state index in [1.54, 1.807) is 0 Å². The SMILES string of the molecule is CCCCCC#CCCCCCCCCCCCCCCCCCC. The van der Waals surface area contributed by atoms with Crippen LogP contribution in [-0.2, 0) is 0 Å². The third-order valence-electron chi connectivity index (χ3n) is 5.19. The Hall–Kier alpha value is -0.440. The molecule has 0 amide bonds. The van der Waals surface area contributed by atoms with Crippen molar-refractivity contribution in [3.63, 3.8) is 0 Å². The molecule has 0 aromatic carbocycles. The van der Waals surface area contributed by atoms with Crippen LogP contribution in [0.5, 0.6) is 0 Å². The van der Waals surface area contributed by atoms with E-state index in [4.69, 9.17) is 0 Å². The molecule has 148 valence electrons. The third kappa shape index (κ3) is 23.6. The van der Waals surface area contributed by atoms with Gasteiger partial charge in [-0.2, -0.15) is 0 Å². The van der Waals surface area contributed by atoms with Crippen LogP contribution < -0.4 is 0 Å². The minimum Gasteiger partial charge on any atom is -0.103 e. The quantitative estimate of drug-likeness (QED) is 0.161. The van der Waals surface area contributed by atoms with Gasteiger partial charge in [-0.3, -0.25) is 0 Å². The summed E-state index contributed by atoms with van der Waals surface area (Å²) in [5, 5.41) is 0. The highest BCUT2D eigenvalue weighted by atomic mass is 14.0. The third-order valence-corrected chi connectivity index (χ3v) is 5.19. The standard InChI is InChI=1S/C25H48/c1-3-5-7-9-11-13-15-17-19-21-23-25-24-22-20-18-16-14-12-10-8-6-4-2/h3-11,13,15-25H2,1-2H3. The van der Waals surface area contributed by atoms with Crippen LogP contribution in [0, 0.1) is 11.8 Å². The summed E-state index contributed by atoms with van der Waals surface area (Å²) in [6, 6.07) is 0. The Labute approximate surface area is 160 Å². The molecule has 0 saturated carbocycles. The fourth-order valence-corrected chi connectivity index (χ4v) is 3.40. The number of hydrogen-bond donors (Lipinski definition) is 0. The molecule has 0 fully saturated rings. The van der Waals surface area contributed by atoms with Crippen molar-refractivity contribution in [1.82, 2.24) is 0 Å². The van der Waals surface area contributed by atoms with Gasteiger partial charge in [0, 0.05) is 12.8 Å². The molecule has 0 aliphatic heterocycles. The highest BCUT2D eigenvalue weighted by Gasteiger charge is 1.94. The molecule has 0 heterocycles. The van der Waals surface area contributed by atoms with Gasteiger partial charge in [-0.1, -0.05) is 123 Å². The van der Waals surface area contributed by atoms with Crippen LogP contribution in [0.15, 0.2) is 0 Å². The summed E-state index contributed by atoms with van der Waals surface area (Å²) in [7, 11) is 0. The number of hydrogen-bond acceptors (Lipinski definition) is 0. The van der Waals surface area contributed by atoms with Crippen molar-refractivity contribution in [2.75, 3.05) is 0 Å². The molecule has 0 bridgehead atoms. The molecule has 0 aliphatic rings. The van der Waals surface area contributed by atoms with E-state index < -0.39 is 0 Å². The average molecular weight is 349 g/mol. The van der Waals surface area contributed by atoms with Crippen molar-refractivity contribution in [2.45, 2.75) is 149 Å². The predicted octanol–water partition coefficient (Wildman–Crippen LogP) is 9.22. The molecule has 0 heteroatoms. The van der Waals surface area contributed by atoms with Crippen molar-refractivity contribution in [3.8, 4) is 11.8 Å². The zero-order chi connectivity index (χ0) is 18.3. The smallest absolute Gasteiger partial charge is 0.00886 e. The summed E-state index contributed by atoms with van der Waals surface area (Å²) < 4.78 is 0. The maximum Gasteiger partial charge on any atom is 0.00886 e. The van der Waals surface area contributed by atoms with Crippen molar-refractivity contribution < 1.29 is 0 Å². The summed E-state index contributed by atoms with van der Waals surface area (Å²) in [6.07, 6.45) is 29.3. The lowest BCUT2D eigenvalue weighted by Gasteiger charge is -2.03. The first-order valence-corrected chi connectivity index (χ1v) is 11.9. The van der Waals surface area contributed by atoms with Crippen molar-refractivity contribution in [1.29, 1.82) is 0 Å². The van der Waals surface area contributed by atoms with Gasteiger partial charge in [0.2, 0.25) is 0 Å². The van der Waals surface area contributed by atoms with Crippen molar-refractivity contribution in [3.05, 3.63) is 0 Å². The van der Waals surface area contributed by atoms with Gasteiger partial charge in [-0.15, -0.1) is 11.8 Å². The second-order valence-electron chi connectivity index (χ2n) is 7.86. The first-order chi connectivity index (χ1) is 12.4. The molecular formula is C25H48. The second-order valence-corrected chi connectivity index (χ2v) is 7.86. The van der Waals surface area contributed by atoms with E-state index in [0.717, 1.165) is 12.8 Å². The van der Waals surface area contributed by atoms with Crippen LogP contribution in [0.3, 0.4) is 0 Å². The normalized spacial score (nSPS) is 10.6. The summed E-state index contributed by atoms with van der Waals surface area (Å²) in [6.45, 7) is 4.55. The molecule has 0 aromatic heterocycles. The number of rotatable bonds is 19. The van der Waals surface area contributed by atoms with Crippen LogP contribution in [-0.4, -0.2) is 0 Å². The van der Waals surface area contributed by atoms with E-state index in [2.05, 4.69) is 25.7 Å². The molecule has 25 heavy (non-hydrogen) atoms.